The van der Waals surface area contributed by atoms with Gasteiger partial charge in [-0.25, -0.2) is 0 Å². The van der Waals surface area contributed by atoms with E-state index >= 15 is 0 Å². The molecule has 2 aliphatic heterocycles. The third-order valence-corrected chi connectivity index (χ3v) is 7.69. The van der Waals surface area contributed by atoms with Gasteiger partial charge >= 0.3 is 0 Å². The van der Waals surface area contributed by atoms with Gasteiger partial charge in [0, 0.05) is 24.2 Å². The summed E-state index contributed by atoms with van der Waals surface area (Å²) in [4.78, 5) is 0. The fraction of sp³-hybridized carbons (Fsp3) is 1.00. The molecule has 3 saturated carbocycles. The molecule has 0 aromatic heterocycles. The molecule has 0 amide bonds. The quantitative estimate of drug-likeness (QED) is 0.709. The van der Waals surface area contributed by atoms with Crippen molar-refractivity contribution in [3.8, 4) is 0 Å². The molecule has 3 aliphatic carbocycles. The van der Waals surface area contributed by atoms with Gasteiger partial charge in [-0.1, -0.05) is 25.7 Å². The standard InChI is InChI=1S/C18H30N2/c1-3-7-15-11(5-1)13-9-10-14-12-6-2-4-8-16(12)20-18(14)17(13)19-15/h11-20H,1-10H2. The number of hydrogen-bond acceptors (Lipinski definition) is 2. The largest absolute Gasteiger partial charge is 0.309 e. The van der Waals surface area contributed by atoms with Crippen molar-refractivity contribution in [1.82, 2.24) is 10.6 Å². The Morgan fingerprint density at radius 3 is 1.40 bits per heavy atom. The molecule has 2 heteroatoms. The van der Waals surface area contributed by atoms with Gasteiger partial charge in [-0.3, -0.25) is 0 Å². The normalized spacial score (nSPS) is 57.6. The Balaban J connectivity index is 1.40. The zero-order chi connectivity index (χ0) is 13.1. The van der Waals surface area contributed by atoms with E-state index in [1.165, 1.54) is 64.2 Å². The van der Waals surface area contributed by atoms with E-state index in [1.54, 1.807) is 0 Å². The number of rotatable bonds is 0. The lowest BCUT2D eigenvalue weighted by Crippen LogP contribution is -2.52. The Hall–Kier alpha value is -0.0800. The van der Waals surface area contributed by atoms with Crippen molar-refractivity contribution < 1.29 is 0 Å². The molecule has 0 radical (unpaired) electrons. The Morgan fingerprint density at radius 1 is 0.450 bits per heavy atom. The molecule has 20 heavy (non-hydrogen) atoms. The highest BCUT2D eigenvalue weighted by Gasteiger charge is 2.55. The van der Waals surface area contributed by atoms with Gasteiger partial charge in [0.2, 0.25) is 0 Å². The summed E-state index contributed by atoms with van der Waals surface area (Å²) in [6.45, 7) is 0. The van der Waals surface area contributed by atoms with Crippen LogP contribution >= 0.6 is 0 Å². The SMILES string of the molecule is C1CCC2C(C1)NC1C2CCC2C3CCCCC3NC21. The number of nitrogens with one attached hydrogen (secondary N) is 2. The summed E-state index contributed by atoms with van der Waals surface area (Å²) in [6, 6.07) is 3.41. The van der Waals surface area contributed by atoms with Crippen LogP contribution in [0.15, 0.2) is 0 Å². The van der Waals surface area contributed by atoms with Crippen LogP contribution in [0.1, 0.15) is 64.2 Å². The molecule has 8 unspecified atom stereocenters. The van der Waals surface area contributed by atoms with Crippen LogP contribution in [0.25, 0.3) is 0 Å². The second kappa shape index (κ2) is 4.71. The summed E-state index contributed by atoms with van der Waals surface area (Å²) in [6.07, 6.45) is 15.0. The van der Waals surface area contributed by atoms with Crippen LogP contribution in [0.4, 0.5) is 0 Å². The average Bonchev–Trinajstić information content (AvgIpc) is 3.05. The molecular weight excluding hydrogens is 244 g/mol. The van der Waals surface area contributed by atoms with E-state index in [4.69, 9.17) is 0 Å². The van der Waals surface area contributed by atoms with E-state index in [0.29, 0.717) is 0 Å². The van der Waals surface area contributed by atoms with Gasteiger partial charge in [-0.2, -0.15) is 0 Å². The fourth-order valence-electron chi connectivity index (χ4n) is 6.94. The van der Waals surface area contributed by atoms with Crippen molar-refractivity contribution in [1.29, 1.82) is 0 Å². The summed E-state index contributed by atoms with van der Waals surface area (Å²) in [5.74, 6) is 4.07. The number of hydrogen-bond donors (Lipinski definition) is 2. The van der Waals surface area contributed by atoms with Crippen LogP contribution in [0.2, 0.25) is 0 Å². The van der Waals surface area contributed by atoms with Crippen molar-refractivity contribution in [2.24, 2.45) is 23.7 Å². The molecule has 112 valence electrons. The third kappa shape index (κ3) is 1.70. The van der Waals surface area contributed by atoms with E-state index in [-0.39, 0.29) is 0 Å². The zero-order valence-electron chi connectivity index (χ0n) is 12.7. The highest BCUT2D eigenvalue weighted by Crippen LogP contribution is 2.51. The first-order valence-electron chi connectivity index (χ1n) is 9.44. The minimum Gasteiger partial charge on any atom is -0.309 e. The third-order valence-electron chi connectivity index (χ3n) is 7.69. The van der Waals surface area contributed by atoms with Gasteiger partial charge in [-0.05, 0) is 62.2 Å². The first-order valence-corrected chi connectivity index (χ1v) is 9.44. The van der Waals surface area contributed by atoms with Crippen LogP contribution < -0.4 is 10.6 Å². The lowest BCUT2D eigenvalue weighted by atomic mass is 9.66. The van der Waals surface area contributed by atoms with Crippen LogP contribution in [-0.4, -0.2) is 24.2 Å². The smallest absolute Gasteiger partial charge is 0.0258 e. The van der Waals surface area contributed by atoms with Crippen molar-refractivity contribution in [3.63, 3.8) is 0 Å². The second-order valence-corrected chi connectivity index (χ2v) is 8.40. The first-order chi connectivity index (χ1) is 9.92. The Bertz CT molecular complexity index is 346. The Morgan fingerprint density at radius 2 is 0.900 bits per heavy atom. The molecule has 5 fully saturated rings. The lowest BCUT2D eigenvalue weighted by Gasteiger charge is -2.39. The lowest BCUT2D eigenvalue weighted by molar-refractivity contribution is 0.153. The van der Waals surface area contributed by atoms with Crippen molar-refractivity contribution >= 4 is 0 Å². The summed E-state index contributed by atoms with van der Waals surface area (Å²) in [5.41, 5.74) is 0. The minimum atomic E-state index is 0.826. The molecule has 5 aliphatic rings. The molecule has 8 atom stereocenters. The maximum atomic E-state index is 4.11. The van der Waals surface area contributed by atoms with Gasteiger partial charge < -0.3 is 10.6 Å². The minimum absolute atomic E-state index is 0.826. The topological polar surface area (TPSA) is 24.1 Å². The summed E-state index contributed by atoms with van der Waals surface area (Å²) < 4.78 is 0. The van der Waals surface area contributed by atoms with E-state index in [9.17, 15) is 0 Å². The molecule has 0 aromatic carbocycles. The van der Waals surface area contributed by atoms with E-state index in [1.807, 2.05) is 0 Å². The van der Waals surface area contributed by atoms with Gasteiger partial charge in [0.1, 0.15) is 0 Å². The molecule has 2 heterocycles. The van der Waals surface area contributed by atoms with Crippen molar-refractivity contribution in [2.75, 3.05) is 0 Å². The van der Waals surface area contributed by atoms with Gasteiger partial charge in [0.05, 0.1) is 0 Å². The van der Waals surface area contributed by atoms with Crippen molar-refractivity contribution in [3.05, 3.63) is 0 Å². The van der Waals surface area contributed by atoms with E-state index in [0.717, 1.165) is 47.8 Å². The molecule has 2 nitrogen and oxygen atoms in total. The highest BCUT2D eigenvalue weighted by molar-refractivity contribution is 5.13. The summed E-state index contributed by atoms with van der Waals surface area (Å²) in [5, 5.41) is 8.23. The van der Waals surface area contributed by atoms with Crippen LogP contribution in [0, 0.1) is 23.7 Å². The zero-order valence-corrected chi connectivity index (χ0v) is 12.7. The predicted molar refractivity (Wildman–Crippen MR) is 81.6 cm³/mol. The predicted octanol–water partition coefficient (Wildman–Crippen LogP) is 3.07. The maximum Gasteiger partial charge on any atom is 0.0258 e. The molecule has 0 bridgehead atoms. The van der Waals surface area contributed by atoms with Crippen molar-refractivity contribution in [2.45, 2.75) is 88.4 Å². The monoisotopic (exact) mass is 274 g/mol. The Kier molecular flexibility index (Phi) is 2.93. The molecule has 2 saturated heterocycles. The van der Waals surface area contributed by atoms with Gasteiger partial charge in [0.25, 0.3) is 0 Å². The van der Waals surface area contributed by atoms with Crippen LogP contribution in [0.5, 0.6) is 0 Å². The van der Waals surface area contributed by atoms with Crippen LogP contribution in [0.3, 0.4) is 0 Å². The molecule has 0 spiro atoms. The number of fused-ring (bicyclic) bond motifs is 7. The molecule has 0 aromatic rings. The van der Waals surface area contributed by atoms with E-state index in [2.05, 4.69) is 10.6 Å². The first kappa shape index (κ1) is 12.5. The fourth-order valence-corrected chi connectivity index (χ4v) is 6.94. The second-order valence-electron chi connectivity index (χ2n) is 8.40. The maximum absolute atomic E-state index is 4.11. The molecular formula is C18H30N2. The summed E-state index contributed by atoms with van der Waals surface area (Å²) >= 11 is 0. The van der Waals surface area contributed by atoms with E-state index < -0.39 is 0 Å². The molecule has 5 rings (SSSR count). The molecule has 2 N–H and O–H groups in total. The van der Waals surface area contributed by atoms with Crippen LogP contribution in [-0.2, 0) is 0 Å². The average molecular weight is 274 g/mol. The Labute approximate surface area is 123 Å². The summed E-state index contributed by atoms with van der Waals surface area (Å²) in [7, 11) is 0. The highest BCUT2D eigenvalue weighted by atomic mass is 15.1. The van der Waals surface area contributed by atoms with Gasteiger partial charge in [-0.15, -0.1) is 0 Å². The van der Waals surface area contributed by atoms with Gasteiger partial charge in [0.15, 0.2) is 0 Å².